The molecule has 0 atom stereocenters. The summed E-state index contributed by atoms with van der Waals surface area (Å²) in [5.41, 5.74) is 2.72. The third-order valence-corrected chi connectivity index (χ3v) is 5.23. The van der Waals surface area contributed by atoms with Crippen LogP contribution in [0.15, 0.2) is 88.1 Å². The molecule has 0 unspecified atom stereocenters. The molecule has 0 aliphatic carbocycles. The third kappa shape index (κ3) is 4.67. The van der Waals surface area contributed by atoms with Gasteiger partial charge in [-0.05, 0) is 73.7 Å². The summed E-state index contributed by atoms with van der Waals surface area (Å²) in [4.78, 5) is 34.4. The summed E-state index contributed by atoms with van der Waals surface area (Å²) >= 11 is 0. The largest absolute Gasteiger partial charge is 0.494 e. The maximum atomic E-state index is 12.7. The number of ether oxygens (including phenoxy) is 2. The first kappa shape index (κ1) is 22.1. The maximum Gasteiger partial charge on any atom is 0.338 e. The van der Waals surface area contributed by atoms with Crippen LogP contribution < -0.4 is 4.74 Å². The van der Waals surface area contributed by atoms with E-state index in [0.717, 1.165) is 0 Å². The molecule has 8 heteroatoms. The number of hydrogen-bond acceptors (Lipinski definition) is 8. The van der Waals surface area contributed by atoms with Crippen molar-refractivity contribution in [2.24, 2.45) is 0 Å². The first-order valence-corrected chi connectivity index (χ1v) is 10.9. The van der Waals surface area contributed by atoms with E-state index in [1.54, 1.807) is 79.3 Å². The smallest absolute Gasteiger partial charge is 0.338 e. The van der Waals surface area contributed by atoms with Crippen molar-refractivity contribution in [3.63, 3.8) is 0 Å². The number of rotatable bonds is 8. The molecule has 0 saturated heterocycles. The molecule has 0 aliphatic heterocycles. The van der Waals surface area contributed by atoms with Gasteiger partial charge >= 0.3 is 5.97 Å². The van der Waals surface area contributed by atoms with Crippen LogP contribution in [0.1, 0.15) is 27.6 Å². The molecule has 35 heavy (non-hydrogen) atoms. The second kappa shape index (κ2) is 9.64. The number of fused-ring (bicyclic) bond motifs is 1. The van der Waals surface area contributed by atoms with Gasteiger partial charge in [-0.25, -0.2) is 14.8 Å². The predicted octanol–water partition coefficient (Wildman–Crippen LogP) is 5.59. The van der Waals surface area contributed by atoms with Crippen LogP contribution in [0.2, 0.25) is 0 Å². The van der Waals surface area contributed by atoms with Gasteiger partial charge in [-0.3, -0.25) is 4.79 Å². The molecule has 3 aromatic heterocycles. The van der Waals surface area contributed by atoms with Gasteiger partial charge < -0.3 is 18.3 Å². The second-order valence-electron chi connectivity index (χ2n) is 7.54. The van der Waals surface area contributed by atoms with Crippen LogP contribution in [-0.2, 0) is 4.74 Å². The summed E-state index contributed by atoms with van der Waals surface area (Å²) in [5.74, 6) is 0.775. The van der Waals surface area contributed by atoms with Crippen LogP contribution in [0.3, 0.4) is 0 Å². The van der Waals surface area contributed by atoms with Crippen molar-refractivity contribution < 1.29 is 27.9 Å². The summed E-state index contributed by atoms with van der Waals surface area (Å²) in [5, 5.41) is 0. The Morgan fingerprint density at radius 3 is 2.03 bits per heavy atom. The normalized spacial score (nSPS) is 10.9. The predicted molar refractivity (Wildman–Crippen MR) is 127 cm³/mol. The van der Waals surface area contributed by atoms with Crippen molar-refractivity contribution >= 4 is 22.8 Å². The number of carbonyl (C=O) groups is 2. The highest BCUT2D eigenvalue weighted by Crippen LogP contribution is 2.31. The number of nitrogens with zero attached hydrogens (tertiary/aromatic N) is 2. The average molecular weight is 468 g/mol. The summed E-state index contributed by atoms with van der Waals surface area (Å²) < 4.78 is 21.7. The summed E-state index contributed by atoms with van der Waals surface area (Å²) in [6, 6.07) is 18.6. The molecule has 0 saturated carbocycles. The fourth-order valence-electron chi connectivity index (χ4n) is 3.55. The Bertz CT molecular complexity index is 1470. The minimum atomic E-state index is -0.636. The Labute approximate surface area is 200 Å². The zero-order valence-electron chi connectivity index (χ0n) is 18.8. The Morgan fingerprint density at radius 2 is 1.43 bits per heavy atom. The van der Waals surface area contributed by atoms with E-state index in [1.165, 1.54) is 0 Å². The molecule has 0 radical (unpaired) electrons. The van der Waals surface area contributed by atoms with Crippen LogP contribution in [0.25, 0.3) is 33.9 Å². The van der Waals surface area contributed by atoms with Crippen LogP contribution in [-0.4, -0.2) is 34.9 Å². The molecule has 5 rings (SSSR count). The quantitative estimate of drug-likeness (QED) is 0.214. The van der Waals surface area contributed by atoms with Gasteiger partial charge in [0.15, 0.2) is 23.9 Å². The molecular weight excluding hydrogens is 448 g/mol. The fourth-order valence-corrected chi connectivity index (χ4v) is 3.55. The molecule has 0 N–H and O–H groups in total. The van der Waals surface area contributed by atoms with E-state index in [-0.39, 0.29) is 18.0 Å². The second-order valence-corrected chi connectivity index (χ2v) is 7.54. The first-order chi connectivity index (χ1) is 17.1. The fraction of sp³-hybridized carbons (Fsp3) is 0.111. The highest BCUT2D eigenvalue weighted by Gasteiger charge is 2.19. The van der Waals surface area contributed by atoms with Gasteiger partial charge in [0.1, 0.15) is 17.1 Å². The SMILES string of the molecule is CCOc1ccc(C(=O)COC(=O)c2ccc3nc(-c4ccco4)c(-c4ccco4)nc3c2)cc1. The van der Waals surface area contributed by atoms with Gasteiger partial charge in [-0.2, -0.15) is 0 Å². The minimum Gasteiger partial charge on any atom is -0.494 e. The van der Waals surface area contributed by atoms with Gasteiger partial charge in [0.25, 0.3) is 0 Å². The molecule has 0 amide bonds. The van der Waals surface area contributed by atoms with Gasteiger partial charge in [-0.1, -0.05) is 0 Å². The van der Waals surface area contributed by atoms with Crippen molar-refractivity contribution in [2.45, 2.75) is 6.92 Å². The van der Waals surface area contributed by atoms with Crippen molar-refractivity contribution in [3.05, 3.63) is 90.4 Å². The standard InChI is InChI=1S/C27H20N2O6/c1-2-32-19-10-7-17(8-11-19)22(30)16-35-27(31)18-9-12-20-21(15-18)29-26(24-6-4-14-34-24)25(28-20)23-5-3-13-33-23/h3-15H,2,16H2,1H3. The van der Waals surface area contributed by atoms with E-state index in [1.807, 2.05) is 6.92 Å². The summed E-state index contributed by atoms with van der Waals surface area (Å²) in [6.45, 7) is 2.03. The zero-order valence-corrected chi connectivity index (χ0v) is 18.8. The Hall–Kier alpha value is -4.72. The third-order valence-electron chi connectivity index (χ3n) is 5.23. The van der Waals surface area contributed by atoms with Gasteiger partial charge in [0, 0.05) is 5.56 Å². The Balaban J connectivity index is 1.37. The molecule has 0 aliphatic rings. The number of furan rings is 2. The summed E-state index contributed by atoms with van der Waals surface area (Å²) in [6.07, 6.45) is 3.10. The van der Waals surface area contributed by atoms with E-state index < -0.39 is 5.97 Å². The Kier molecular flexibility index (Phi) is 6.09. The molecule has 0 fully saturated rings. The number of benzene rings is 2. The van der Waals surface area contributed by atoms with Gasteiger partial charge in [0.2, 0.25) is 0 Å². The molecule has 8 nitrogen and oxygen atoms in total. The monoisotopic (exact) mass is 468 g/mol. The number of hydrogen-bond donors (Lipinski definition) is 0. The number of Topliss-reactive ketones (excluding diaryl/α,β-unsaturated/α-hetero) is 1. The van der Waals surface area contributed by atoms with E-state index in [2.05, 4.69) is 9.97 Å². The maximum absolute atomic E-state index is 12.7. The lowest BCUT2D eigenvalue weighted by atomic mass is 10.1. The van der Waals surface area contributed by atoms with Crippen molar-refractivity contribution in [1.29, 1.82) is 0 Å². The molecule has 5 aromatic rings. The van der Waals surface area contributed by atoms with Crippen LogP contribution in [0.5, 0.6) is 5.75 Å². The lowest BCUT2D eigenvalue weighted by molar-refractivity contribution is 0.0475. The van der Waals surface area contributed by atoms with E-state index >= 15 is 0 Å². The van der Waals surface area contributed by atoms with E-state index in [4.69, 9.17) is 18.3 Å². The number of esters is 1. The molecule has 0 bridgehead atoms. The van der Waals surface area contributed by atoms with E-state index in [0.29, 0.717) is 51.9 Å². The first-order valence-electron chi connectivity index (χ1n) is 10.9. The molecule has 0 spiro atoms. The highest BCUT2D eigenvalue weighted by atomic mass is 16.5. The molecule has 174 valence electrons. The average Bonchev–Trinajstić information content (AvgIpc) is 3.61. The highest BCUT2D eigenvalue weighted by molar-refractivity contribution is 6.00. The van der Waals surface area contributed by atoms with Gasteiger partial charge in [0.05, 0.1) is 35.7 Å². The van der Waals surface area contributed by atoms with Crippen LogP contribution in [0, 0.1) is 0 Å². The lowest BCUT2D eigenvalue weighted by Gasteiger charge is -2.08. The summed E-state index contributed by atoms with van der Waals surface area (Å²) in [7, 11) is 0. The Morgan fingerprint density at radius 1 is 0.800 bits per heavy atom. The number of ketones is 1. The number of aromatic nitrogens is 2. The van der Waals surface area contributed by atoms with Crippen LogP contribution in [0.4, 0.5) is 0 Å². The minimum absolute atomic E-state index is 0.252. The van der Waals surface area contributed by atoms with Crippen molar-refractivity contribution in [1.82, 2.24) is 9.97 Å². The zero-order chi connectivity index (χ0) is 24.2. The number of carbonyl (C=O) groups excluding carboxylic acids is 2. The molecular formula is C27H20N2O6. The van der Waals surface area contributed by atoms with Crippen molar-refractivity contribution in [2.75, 3.05) is 13.2 Å². The van der Waals surface area contributed by atoms with E-state index in [9.17, 15) is 9.59 Å². The van der Waals surface area contributed by atoms with Crippen molar-refractivity contribution in [3.8, 4) is 28.7 Å². The van der Waals surface area contributed by atoms with Crippen LogP contribution >= 0.6 is 0 Å². The molecule has 3 heterocycles. The van der Waals surface area contributed by atoms with Gasteiger partial charge in [-0.15, -0.1) is 0 Å². The lowest BCUT2D eigenvalue weighted by Crippen LogP contribution is -2.14. The topological polar surface area (TPSA) is 105 Å². The molecule has 2 aromatic carbocycles.